The summed E-state index contributed by atoms with van der Waals surface area (Å²) < 4.78 is 10.2. The van der Waals surface area contributed by atoms with E-state index in [0.29, 0.717) is 34.3 Å². The minimum absolute atomic E-state index is 0.0197. The summed E-state index contributed by atoms with van der Waals surface area (Å²) in [6.07, 6.45) is 0.154. The van der Waals surface area contributed by atoms with E-state index in [2.05, 4.69) is 17.5 Å². The fourth-order valence-corrected chi connectivity index (χ4v) is 2.57. The molecule has 1 rings (SSSR count). The molecule has 0 aliphatic heterocycles. The molecule has 0 amide bonds. The average molecular weight is 375 g/mol. The molecule has 0 fully saturated rings. The number of rotatable bonds is 10. The lowest BCUT2D eigenvalue weighted by molar-refractivity contribution is -0.756. The first kappa shape index (κ1) is 20.1. The summed E-state index contributed by atoms with van der Waals surface area (Å²) in [5.41, 5.74) is 0.623. The molecular formula is C14H17NO7S2. The van der Waals surface area contributed by atoms with Gasteiger partial charge in [-0.25, -0.2) is 0 Å². The second kappa shape index (κ2) is 10.8. The van der Waals surface area contributed by atoms with Crippen LogP contribution in [0.15, 0.2) is 18.2 Å². The van der Waals surface area contributed by atoms with Crippen molar-refractivity contribution in [1.82, 2.24) is 0 Å². The van der Waals surface area contributed by atoms with Gasteiger partial charge in [0.1, 0.15) is 18.1 Å². The molecule has 132 valence electrons. The number of nitrogens with zero attached hydrogens (tertiary/aromatic N) is 1. The van der Waals surface area contributed by atoms with Crippen LogP contribution in [0.25, 0.3) is 0 Å². The number of thiol groups is 1. The van der Waals surface area contributed by atoms with Crippen molar-refractivity contribution in [2.24, 2.45) is 0 Å². The highest BCUT2D eigenvalue weighted by Crippen LogP contribution is 2.26. The number of hydrogen-bond acceptors (Lipinski definition) is 9. The zero-order valence-electron chi connectivity index (χ0n) is 12.9. The number of ether oxygens (including phenoxy) is 2. The van der Waals surface area contributed by atoms with Crippen LogP contribution in [-0.2, 0) is 20.2 Å². The van der Waals surface area contributed by atoms with Crippen LogP contribution in [0.4, 0.5) is 0 Å². The molecule has 8 nitrogen and oxygen atoms in total. The Bertz CT molecular complexity index is 594. The summed E-state index contributed by atoms with van der Waals surface area (Å²) in [7, 11) is 0. The summed E-state index contributed by atoms with van der Waals surface area (Å²) in [6, 6.07) is 4.65. The normalized spacial score (nSPS) is 10.1. The molecule has 0 radical (unpaired) electrons. The van der Waals surface area contributed by atoms with Crippen molar-refractivity contribution >= 4 is 36.3 Å². The molecule has 0 N–H and O–H groups in total. The molecule has 10 heteroatoms. The Kier molecular flexibility index (Phi) is 9.02. The summed E-state index contributed by atoms with van der Waals surface area (Å²) in [5.74, 6) is 1.02. The van der Waals surface area contributed by atoms with E-state index in [9.17, 15) is 19.7 Å². The first-order valence-corrected chi connectivity index (χ1v) is 8.69. The minimum atomic E-state index is -0.854. The first-order chi connectivity index (χ1) is 11.4. The lowest BCUT2D eigenvalue weighted by atomic mass is 10.2. The molecule has 0 saturated heterocycles. The van der Waals surface area contributed by atoms with E-state index in [4.69, 9.17) is 9.47 Å². The molecule has 0 aromatic heterocycles. The SMILES string of the molecule is CC(=O)Oc1ccc(OC(=O)CCSCCO[N+](=O)[O-])c(CS)c1. The van der Waals surface area contributed by atoms with Crippen molar-refractivity contribution in [1.29, 1.82) is 0 Å². The molecule has 0 bridgehead atoms. The molecule has 0 heterocycles. The van der Waals surface area contributed by atoms with Crippen molar-refractivity contribution in [3.63, 3.8) is 0 Å². The van der Waals surface area contributed by atoms with Crippen molar-refractivity contribution in [2.45, 2.75) is 19.1 Å². The van der Waals surface area contributed by atoms with Gasteiger partial charge in [0.15, 0.2) is 0 Å². The van der Waals surface area contributed by atoms with Crippen LogP contribution in [0, 0.1) is 10.1 Å². The van der Waals surface area contributed by atoms with Crippen molar-refractivity contribution in [3.05, 3.63) is 33.9 Å². The van der Waals surface area contributed by atoms with Gasteiger partial charge in [-0.2, -0.15) is 24.4 Å². The van der Waals surface area contributed by atoms with E-state index in [1.807, 2.05) is 0 Å². The Morgan fingerprint density at radius 2 is 2.04 bits per heavy atom. The largest absolute Gasteiger partial charge is 0.427 e. The summed E-state index contributed by atoms with van der Waals surface area (Å²) in [6.45, 7) is 1.27. The molecule has 1 aromatic rings. The quantitative estimate of drug-likeness (QED) is 0.166. The van der Waals surface area contributed by atoms with Crippen molar-refractivity contribution in [3.8, 4) is 11.5 Å². The second-order valence-electron chi connectivity index (χ2n) is 4.41. The number of carbonyl (C=O) groups excluding carboxylic acids is 2. The van der Waals surface area contributed by atoms with Gasteiger partial charge in [-0.15, -0.1) is 10.1 Å². The van der Waals surface area contributed by atoms with Gasteiger partial charge in [-0.1, -0.05) is 0 Å². The lowest BCUT2D eigenvalue weighted by Crippen LogP contribution is -2.11. The number of hydrogen-bond donors (Lipinski definition) is 1. The van der Waals surface area contributed by atoms with Crippen LogP contribution >= 0.6 is 24.4 Å². The van der Waals surface area contributed by atoms with Crippen LogP contribution < -0.4 is 9.47 Å². The molecule has 0 aliphatic carbocycles. The number of benzene rings is 1. The second-order valence-corrected chi connectivity index (χ2v) is 5.96. The number of thioether (sulfide) groups is 1. The zero-order valence-corrected chi connectivity index (χ0v) is 14.6. The van der Waals surface area contributed by atoms with Crippen LogP contribution in [0.1, 0.15) is 18.9 Å². The zero-order chi connectivity index (χ0) is 17.9. The molecule has 0 spiro atoms. The van der Waals surface area contributed by atoms with Gasteiger partial charge in [0, 0.05) is 29.7 Å². The fraction of sp³-hybridized carbons (Fsp3) is 0.429. The molecule has 0 atom stereocenters. The van der Waals surface area contributed by atoms with Crippen LogP contribution in [0.3, 0.4) is 0 Å². The Hall–Kier alpha value is -1.94. The maximum absolute atomic E-state index is 11.8. The lowest BCUT2D eigenvalue weighted by Gasteiger charge is -2.10. The highest BCUT2D eigenvalue weighted by Gasteiger charge is 2.11. The van der Waals surface area contributed by atoms with E-state index in [0.717, 1.165) is 0 Å². The van der Waals surface area contributed by atoms with Gasteiger partial charge in [-0.3, -0.25) is 9.59 Å². The molecule has 0 saturated carbocycles. The van der Waals surface area contributed by atoms with Gasteiger partial charge in [0.25, 0.3) is 5.09 Å². The standard InChI is InChI=1S/C14H17NO7S2/c1-10(16)21-12-2-3-13(11(8-12)9-23)22-14(17)4-6-24-7-5-20-15(18)19/h2-3,8,23H,4-7,9H2,1H3. The maximum Gasteiger partial charge on any atom is 0.312 e. The number of carbonyl (C=O) groups is 2. The Balaban J connectivity index is 2.43. The maximum atomic E-state index is 11.8. The highest BCUT2D eigenvalue weighted by molar-refractivity contribution is 7.99. The van der Waals surface area contributed by atoms with E-state index < -0.39 is 17.0 Å². The monoisotopic (exact) mass is 375 g/mol. The predicted molar refractivity (Wildman–Crippen MR) is 91.0 cm³/mol. The van der Waals surface area contributed by atoms with E-state index in [1.54, 1.807) is 12.1 Å². The smallest absolute Gasteiger partial charge is 0.312 e. The fourth-order valence-electron chi connectivity index (χ4n) is 1.61. The molecule has 1 aromatic carbocycles. The Morgan fingerprint density at radius 1 is 1.29 bits per heavy atom. The highest BCUT2D eigenvalue weighted by atomic mass is 32.2. The third-order valence-corrected chi connectivity index (χ3v) is 3.85. The minimum Gasteiger partial charge on any atom is -0.427 e. The van der Waals surface area contributed by atoms with Crippen molar-refractivity contribution in [2.75, 3.05) is 18.1 Å². The van der Waals surface area contributed by atoms with E-state index >= 15 is 0 Å². The summed E-state index contributed by atoms with van der Waals surface area (Å²) in [5, 5.41) is 9.10. The molecular weight excluding hydrogens is 358 g/mol. The number of esters is 2. The summed E-state index contributed by atoms with van der Waals surface area (Å²) >= 11 is 5.51. The third kappa shape index (κ3) is 8.06. The van der Waals surface area contributed by atoms with Crippen LogP contribution in [-0.4, -0.2) is 35.1 Å². The van der Waals surface area contributed by atoms with E-state index in [1.165, 1.54) is 24.8 Å². The van der Waals surface area contributed by atoms with E-state index in [-0.39, 0.29) is 13.0 Å². The Morgan fingerprint density at radius 3 is 2.67 bits per heavy atom. The van der Waals surface area contributed by atoms with Gasteiger partial charge >= 0.3 is 11.9 Å². The topological polar surface area (TPSA) is 105 Å². The predicted octanol–water partition coefficient (Wildman–Crippen LogP) is 2.28. The van der Waals surface area contributed by atoms with Gasteiger partial charge in [-0.05, 0) is 18.2 Å². The van der Waals surface area contributed by atoms with Gasteiger partial charge in [0.05, 0.1) is 6.42 Å². The first-order valence-electron chi connectivity index (χ1n) is 6.90. The van der Waals surface area contributed by atoms with Crippen molar-refractivity contribution < 1.29 is 29.0 Å². The molecule has 0 aliphatic rings. The van der Waals surface area contributed by atoms with Crippen LogP contribution in [0.5, 0.6) is 11.5 Å². The van der Waals surface area contributed by atoms with Crippen LogP contribution in [0.2, 0.25) is 0 Å². The molecule has 0 unspecified atom stereocenters. The van der Waals surface area contributed by atoms with Gasteiger partial charge < -0.3 is 14.3 Å². The third-order valence-electron chi connectivity index (χ3n) is 2.56. The Labute approximate surface area is 148 Å². The van der Waals surface area contributed by atoms with Gasteiger partial charge in [0.2, 0.25) is 0 Å². The molecule has 24 heavy (non-hydrogen) atoms. The average Bonchev–Trinajstić information content (AvgIpc) is 2.51. The summed E-state index contributed by atoms with van der Waals surface area (Å²) in [4.78, 5) is 36.8.